The summed E-state index contributed by atoms with van der Waals surface area (Å²) in [5.41, 5.74) is 4.55. The first kappa shape index (κ1) is 16.6. The molecule has 0 amide bonds. The van der Waals surface area contributed by atoms with Gasteiger partial charge in [-0.3, -0.25) is 0 Å². The number of para-hydroxylation sites is 1. The quantitative estimate of drug-likeness (QED) is 0.626. The van der Waals surface area contributed by atoms with Gasteiger partial charge in [-0.1, -0.05) is 56.3 Å². The van der Waals surface area contributed by atoms with Gasteiger partial charge in [0.1, 0.15) is 5.75 Å². The smallest absolute Gasteiger partial charge is 0.118 e. The molecule has 0 heterocycles. The molecule has 0 aliphatic carbocycles. The lowest BCUT2D eigenvalue weighted by molar-refractivity contribution is 0.415. The average molecular weight is 305 g/mol. The van der Waals surface area contributed by atoms with Crippen molar-refractivity contribution in [1.29, 1.82) is 0 Å². The molecular weight excluding hydrogens is 282 g/mol. The number of nitrogens with one attached hydrogen (secondary N) is 1. The normalized spacial score (nSPS) is 9.52. The summed E-state index contributed by atoms with van der Waals surface area (Å²) in [6.45, 7) is 4.00. The van der Waals surface area contributed by atoms with Crippen LogP contribution in [0.5, 0.6) is 5.75 Å². The molecule has 0 spiro atoms. The first-order chi connectivity index (χ1) is 11.3. The van der Waals surface area contributed by atoms with Gasteiger partial charge in [-0.15, -0.1) is 0 Å². The van der Waals surface area contributed by atoms with E-state index in [0.717, 1.165) is 17.1 Å². The second-order valence-corrected chi connectivity index (χ2v) is 4.80. The van der Waals surface area contributed by atoms with Crippen molar-refractivity contribution in [2.45, 2.75) is 13.8 Å². The van der Waals surface area contributed by atoms with E-state index in [0.29, 0.717) is 0 Å². The maximum atomic E-state index is 5.18. The Hall–Kier alpha value is -2.74. The summed E-state index contributed by atoms with van der Waals surface area (Å²) in [6, 6.07) is 26.7. The van der Waals surface area contributed by atoms with E-state index in [-0.39, 0.29) is 0 Å². The van der Waals surface area contributed by atoms with Gasteiger partial charge in [0.2, 0.25) is 0 Å². The molecule has 0 bridgehead atoms. The van der Waals surface area contributed by atoms with Gasteiger partial charge in [0.25, 0.3) is 0 Å². The molecule has 23 heavy (non-hydrogen) atoms. The van der Waals surface area contributed by atoms with Gasteiger partial charge in [-0.2, -0.15) is 0 Å². The molecule has 3 aromatic rings. The molecule has 0 radical (unpaired) electrons. The summed E-state index contributed by atoms with van der Waals surface area (Å²) in [5, 5.41) is 3.38. The summed E-state index contributed by atoms with van der Waals surface area (Å²) in [4.78, 5) is 0. The van der Waals surface area contributed by atoms with Gasteiger partial charge in [-0.05, 0) is 47.5 Å². The van der Waals surface area contributed by atoms with Crippen molar-refractivity contribution in [3.8, 4) is 16.9 Å². The minimum absolute atomic E-state index is 0.876. The summed E-state index contributed by atoms with van der Waals surface area (Å²) in [7, 11) is 1.68. The fourth-order valence-corrected chi connectivity index (χ4v) is 2.22. The highest BCUT2D eigenvalue weighted by atomic mass is 16.5. The van der Waals surface area contributed by atoms with Gasteiger partial charge in [-0.25, -0.2) is 0 Å². The Balaban J connectivity index is 0.000000924. The molecule has 0 atom stereocenters. The van der Waals surface area contributed by atoms with Crippen molar-refractivity contribution >= 4 is 11.4 Å². The van der Waals surface area contributed by atoms with Crippen LogP contribution in [0.15, 0.2) is 78.9 Å². The molecule has 3 aromatic carbocycles. The van der Waals surface area contributed by atoms with E-state index in [1.54, 1.807) is 7.11 Å². The van der Waals surface area contributed by atoms with Gasteiger partial charge < -0.3 is 10.1 Å². The number of hydrogen-bond donors (Lipinski definition) is 1. The lowest BCUT2D eigenvalue weighted by atomic mass is 10.1. The maximum Gasteiger partial charge on any atom is 0.118 e. The zero-order chi connectivity index (χ0) is 16.5. The minimum Gasteiger partial charge on any atom is -0.497 e. The van der Waals surface area contributed by atoms with E-state index in [2.05, 4.69) is 53.8 Å². The van der Waals surface area contributed by atoms with Crippen LogP contribution in [0.4, 0.5) is 11.4 Å². The number of benzene rings is 3. The Bertz CT molecular complexity index is 688. The Labute approximate surface area is 138 Å². The largest absolute Gasteiger partial charge is 0.497 e. The maximum absolute atomic E-state index is 5.18. The fourth-order valence-electron chi connectivity index (χ4n) is 2.22. The zero-order valence-electron chi connectivity index (χ0n) is 13.9. The Kier molecular flexibility index (Phi) is 6.25. The van der Waals surface area contributed by atoms with Crippen LogP contribution in [0.25, 0.3) is 11.1 Å². The van der Waals surface area contributed by atoms with Crippen molar-refractivity contribution in [2.24, 2.45) is 0 Å². The van der Waals surface area contributed by atoms with E-state index in [4.69, 9.17) is 4.74 Å². The number of rotatable bonds is 4. The zero-order valence-corrected chi connectivity index (χ0v) is 13.9. The van der Waals surface area contributed by atoms with Crippen molar-refractivity contribution in [3.05, 3.63) is 78.9 Å². The molecule has 118 valence electrons. The Morgan fingerprint density at radius 3 is 1.61 bits per heavy atom. The van der Waals surface area contributed by atoms with Crippen LogP contribution in [0.3, 0.4) is 0 Å². The second-order valence-electron chi connectivity index (χ2n) is 4.80. The van der Waals surface area contributed by atoms with E-state index in [9.17, 15) is 0 Å². The van der Waals surface area contributed by atoms with Crippen LogP contribution in [-0.2, 0) is 0 Å². The number of hydrogen-bond acceptors (Lipinski definition) is 2. The lowest BCUT2D eigenvalue weighted by Crippen LogP contribution is -1.89. The van der Waals surface area contributed by atoms with E-state index in [1.807, 2.05) is 44.2 Å². The van der Waals surface area contributed by atoms with Crippen LogP contribution in [0, 0.1) is 0 Å². The number of anilines is 2. The lowest BCUT2D eigenvalue weighted by Gasteiger charge is -2.08. The third-order valence-electron chi connectivity index (χ3n) is 3.37. The van der Waals surface area contributed by atoms with Crippen LogP contribution >= 0.6 is 0 Å². The average Bonchev–Trinajstić information content (AvgIpc) is 2.65. The highest BCUT2D eigenvalue weighted by Gasteiger charge is 1.99. The first-order valence-corrected chi connectivity index (χ1v) is 7.92. The van der Waals surface area contributed by atoms with Crippen LogP contribution < -0.4 is 10.1 Å². The molecule has 0 saturated carbocycles. The first-order valence-electron chi connectivity index (χ1n) is 7.92. The number of ether oxygens (including phenoxy) is 1. The predicted octanol–water partition coefficient (Wildman–Crippen LogP) is 6.13. The molecular formula is C21H23NO. The summed E-state index contributed by atoms with van der Waals surface area (Å²) in [6.07, 6.45) is 0. The molecule has 3 rings (SSSR count). The van der Waals surface area contributed by atoms with Crippen LogP contribution in [-0.4, -0.2) is 7.11 Å². The van der Waals surface area contributed by atoms with Gasteiger partial charge >= 0.3 is 0 Å². The molecule has 2 nitrogen and oxygen atoms in total. The Morgan fingerprint density at radius 1 is 0.609 bits per heavy atom. The van der Waals surface area contributed by atoms with Gasteiger partial charge in [0.05, 0.1) is 7.11 Å². The topological polar surface area (TPSA) is 21.3 Å². The molecule has 0 aliphatic rings. The molecule has 0 aliphatic heterocycles. The minimum atomic E-state index is 0.876. The molecule has 2 heteroatoms. The van der Waals surface area contributed by atoms with E-state index < -0.39 is 0 Å². The molecule has 0 unspecified atom stereocenters. The van der Waals surface area contributed by atoms with Crippen molar-refractivity contribution in [2.75, 3.05) is 12.4 Å². The fraction of sp³-hybridized carbons (Fsp3) is 0.143. The molecule has 0 aromatic heterocycles. The molecule has 0 saturated heterocycles. The summed E-state index contributed by atoms with van der Waals surface area (Å²) in [5.74, 6) is 0.876. The SMILES string of the molecule is CC.COc1ccc(-c2ccc(Nc3ccccc3)cc2)cc1. The highest BCUT2D eigenvalue weighted by Crippen LogP contribution is 2.25. The summed E-state index contributed by atoms with van der Waals surface area (Å²) < 4.78 is 5.18. The summed E-state index contributed by atoms with van der Waals surface area (Å²) >= 11 is 0. The highest BCUT2D eigenvalue weighted by molar-refractivity contribution is 5.68. The monoisotopic (exact) mass is 305 g/mol. The van der Waals surface area contributed by atoms with Crippen LogP contribution in [0.1, 0.15) is 13.8 Å². The molecule has 1 N–H and O–H groups in total. The van der Waals surface area contributed by atoms with Gasteiger partial charge in [0.15, 0.2) is 0 Å². The predicted molar refractivity (Wildman–Crippen MR) is 99.5 cm³/mol. The van der Waals surface area contributed by atoms with E-state index in [1.165, 1.54) is 11.1 Å². The second kappa shape index (κ2) is 8.64. The molecule has 0 fully saturated rings. The third kappa shape index (κ3) is 4.62. The third-order valence-corrected chi connectivity index (χ3v) is 3.37. The van der Waals surface area contributed by atoms with Crippen molar-refractivity contribution in [1.82, 2.24) is 0 Å². The standard InChI is InChI=1S/C19H17NO.C2H6/c1-21-19-13-9-16(10-14-19)15-7-11-18(12-8-15)20-17-5-3-2-4-6-17;1-2/h2-14,20H,1H3;1-2H3. The number of methoxy groups -OCH3 is 1. The van der Waals surface area contributed by atoms with Crippen molar-refractivity contribution < 1.29 is 4.74 Å². The van der Waals surface area contributed by atoms with Crippen molar-refractivity contribution in [3.63, 3.8) is 0 Å². The Morgan fingerprint density at radius 2 is 1.09 bits per heavy atom. The van der Waals surface area contributed by atoms with E-state index >= 15 is 0 Å². The van der Waals surface area contributed by atoms with Gasteiger partial charge in [0, 0.05) is 11.4 Å². The van der Waals surface area contributed by atoms with Crippen LogP contribution in [0.2, 0.25) is 0 Å².